The number of imidazole rings is 1. The zero-order valence-electron chi connectivity index (χ0n) is 7.81. The van der Waals surface area contributed by atoms with E-state index in [-0.39, 0.29) is 4.77 Å². The summed E-state index contributed by atoms with van der Waals surface area (Å²) in [5.74, 6) is 0. The normalized spacial score (nSPS) is 11.6. The maximum atomic E-state index is 12.3. The number of alkyl halides is 2. The van der Waals surface area contributed by atoms with Crippen molar-refractivity contribution in [1.82, 2.24) is 9.55 Å². The molecule has 1 aromatic carbocycles. The predicted molar refractivity (Wildman–Crippen MR) is 63.1 cm³/mol. The molecule has 0 bridgehead atoms. The van der Waals surface area contributed by atoms with E-state index in [9.17, 15) is 8.78 Å². The number of nitrogens with one attached hydrogen (secondary N) is 1. The molecule has 1 heterocycles. The number of H-pyrrole nitrogens is 1. The van der Waals surface area contributed by atoms with Gasteiger partial charge in [0, 0.05) is 0 Å². The van der Waals surface area contributed by atoms with Gasteiger partial charge in [0.05, 0.1) is 27.6 Å². The number of benzene rings is 1. The Morgan fingerprint density at radius 1 is 1.31 bits per heavy atom. The molecular formula is C9H6Cl2F2N2S. The van der Waals surface area contributed by atoms with Crippen LogP contribution in [0.2, 0.25) is 10.0 Å². The average Bonchev–Trinajstić information content (AvgIpc) is 2.45. The summed E-state index contributed by atoms with van der Waals surface area (Å²) in [6.07, 6.45) is -2.47. The van der Waals surface area contributed by atoms with E-state index in [0.717, 1.165) is 0 Å². The van der Waals surface area contributed by atoms with Crippen LogP contribution in [0.5, 0.6) is 0 Å². The smallest absolute Gasteiger partial charge is 0.256 e. The van der Waals surface area contributed by atoms with Gasteiger partial charge in [-0.2, -0.15) is 0 Å². The van der Waals surface area contributed by atoms with E-state index in [4.69, 9.17) is 35.4 Å². The van der Waals surface area contributed by atoms with Gasteiger partial charge in [-0.1, -0.05) is 23.2 Å². The number of fused-ring (bicyclic) bond motifs is 1. The summed E-state index contributed by atoms with van der Waals surface area (Å²) in [7, 11) is 0. The molecule has 0 saturated carbocycles. The Bertz CT molecular complexity index is 591. The van der Waals surface area contributed by atoms with Gasteiger partial charge in [-0.15, -0.1) is 0 Å². The van der Waals surface area contributed by atoms with Crippen molar-refractivity contribution >= 4 is 46.5 Å². The van der Waals surface area contributed by atoms with E-state index < -0.39 is 13.0 Å². The summed E-state index contributed by atoms with van der Waals surface area (Å²) in [5.41, 5.74) is 1.12. The quantitative estimate of drug-likeness (QED) is 0.816. The summed E-state index contributed by atoms with van der Waals surface area (Å²) >= 11 is 16.6. The number of rotatable bonds is 2. The van der Waals surface area contributed by atoms with Crippen LogP contribution in [0.15, 0.2) is 12.1 Å². The largest absolute Gasteiger partial charge is 0.331 e. The molecule has 0 spiro atoms. The molecule has 16 heavy (non-hydrogen) atoms. The highest BCUT2D eigenvalue weighted by molar-refractivity contribution is 7.71. The molecule has 2 rings (SSSR count). The topological polar surface area (TPSA) is 20.7 Å². The number of hydrogen-bond acceptors (Lipinski definition) is 1. The van der Waals surface area contributed by atoms with Gasteiger partial charge in [0.25, 0.3) is 6.43 Å². The lowest BCUT2D eigenvalue weighted by molar-refractivity contribution is 0.127. The van der Waals surface area contributed by atoms with E-state index in [1.807, 2.05) is 0 Å². The van der Waals surface area contributed by atoms with Crippen molar-refractivity contribution < 1.29 is 8.78 Å². The van der Waals surface area contributed by atoms with Crippen LogP contribution in [-0.4, -0.2) is 16.0 Å². The van der Waals surface area contributed by atoms with Crippen molar-refractivity contribution in [3.05, 3.63) is 26.9 Å². The highest BCUT2D eigenvalue weighted by Gasteiger charge is 2.11. The molecule has 1 N–H and O–H groups in total. The zero-order valence-corrected chi connectivity index (χ0v) is 10.1. The summed E-state index contributed by atoms with van der Waals surface area (Å²) in [6.45, 7) is -0.462. The van der Waals surface area contributed by atoms with Crippen molar-refractivity contribution in [2.75, 3.05) is 0 Å². The van der Waals surface area contributed by atoms with E-state index in [1.165, 1.54) is 10.6 Å². The molecule has 0 amide bonds. The van der Waals surface area contributed by atoms with Gasteiger partial charge in [0.2, 0.25) is 0 Å². The number of aromatic amines is 1. The number of aromatic nitrogens is 2. The van der Waals surface area contributed by atoms with E-state index in [2.05, 4.69) is 4.98 Å². The third kappa shape index (κ3) is 2.07. The minimum atomic E-state index is -2.47. The predicted octanol–water partition coefficient (Wildman–Crippen LogP) is 4.27. The minimum Gasteiger partial charge on any atom is -0.331 e. The number of halogens is 4. The maximum absolute atomic E-state index is 12.3. The van der Waals surface area contributed by atoms with Crippen molar-refractivity contribution in [2.45, 2.75) is 13.0 Å². The van der Waals surface area contributed by atoms with Gasteiger partial charge in [0.1, 0.15) is 0 Å². The van der Waals surface area contributed by atoms with Crippen molar-refractivity contribution in [2.24, 2.45) is 0 Å². The molecule has 0 radical (unpaired) electrons. The average molecular weight is 283 g/mol. The molecule has 0 fully saturated rings. The first-order valence-corrected chi connectivity index (χ1v) is 5.51. The fraction of sp³-hybridized carbons (Fsp3) is 0.222. The second-order valence-electron chi connectivity index (χ2n) is 3.22. The Kier molecular flexibility index (Phi) is 3.19. The Morgan fingerprint density at radius 2 is 1.94 bits per heavy atom. The summed E-state index contributed by atoms with van der Waals surface area (Å²) < 4.78 is 26.2. The lowest BCUT2D eigenvalue weighted by Gasteiger charge is -2.03. The molecule has 0 saturated heterocycles. The minimum absolute atomic E-state index is 0.230. The molecule has 2 aromatic rings. The van der Waals surface area contributed by atoms with Gasteiger partial charge < -0.3 is 9.55 Å². The van der Waals surface area contributed by atoms with Gasteiger partial charge in [0.15, 0.2) is 4.77 Å². The Balaban J connectivity index is 2.69. The molecule has 0 aliphatic carbocycles. The van der Waals surface area contributed by atoms with E-state index in [0.29, 0.717) is 21.1 Å². The Morgan fingerprint density at radius 3 is 2.56 bits per heavy atom. The van der Waals surface area contributed by atoms with Crippen LogP contribution >= 0.6 is 35.4 Å². The third-order valence-corrected chi connectivity index (χ3v) is 3.18. The van der Waals surface area contributed by atoms with Crippen LogP contribution in [0, 0.1) is 4.77 Å². The lowest BCUT2D eigenvalue weighted by atomic mass is 10.3. The maximum Gasteiger partial charge on any atom is 0.256 e. The van der Waals surface area contributed by atoms with Crippen LogP contribution in [0.4, 0.5) is 8.78 Å². The lowest BCUT2D eigenvalue weighted by Crippen LogP contribution is -2.06. The molecular weight excluding hydrogens is 277 g/mol. The number of hydrogen-bond donors (Lipinski definition) is 1. The molecule has 0 aliphatic rings. The van der Waals surface area contributed by atoms with Crippen molar-refractivity contribution in [1.29, 1.82) is 0 Å². The van der Waals surface area contributed by atoms with Gasteiger partial charge in [-0.25, -0.2) is 8.78 Å². The van der Waals surface area contributed by atoms with Crippen LogP contribution in [0.25, 0.3) is 11.0 Å². The van der Waals surface area contributed by atoms with E-state index >= 15 is 0 Å². The monoisotopic (exact) mass is 282 g/mol. The molecule has 7 heteroatoms. The molecule has 2 nitrogen and oxygen atoms in total. The zero-order chi connectivity index (χ0) is 11.9. The van der Waals surface area contributed by atoms with E-state index in [1.54, 1.807) is 6.07 Å². The molecule has 86 valence electrons. The molecule has 1 aromatic heterocycles. The fourth-order valence-corrected chi connectivity index (χ4v) is 2.08. The first-order valence-electron chi connectivity index (χ1n) is 4.34. The van der Waals surface area contributed by atoms with Crippen molar-refractivity contribution in [3.8, 4) is 0 Å². The molecule has 0 unspecified atom stereocenters. The van der Waals surface area contributed by atoms with Gasteiger partial charge >= 0.3 is 0 Å². The summed E-state index contributed by atoms with van der Waals surface area (Å²) in [6, 6.07) is 3.09. The van der Waals surface area contributed by atoms with Gasteiger partial charge in [-0.05, 0) is 24.4 Å². The standard InChI is InChI=1S/C9H6Cl2F2N2S/c10-4-1-6-7(2-5(4)11)15(3-8(12)13)9(16)14-6/h1-2,8H,3H2,(H,14,16). The second-order valence-corrected chi connectivity index (χ2v) is 4.42. The third-order valence-electron chi connectivity index (χ3n) is 2.14. The van der Waals surface area contributed by atoms with Crippen LogP contribution in [-0.2, 0) is 6.54 Å². The highest BCUT2D eigenvalue weighted by atomic mass is 35.5. The van der Waals surface area contributed by atoms with Crippen LogP contribution in [0.1, 0.15) is 0 Å². The summed E-state index contributed by atoms with van der Waals surface area (Å²) in [5, 5.41) is 0.667. The molecule has 0 atom stereocenters. The van der Waals surface area contributed by atoms with Crippen LogP contribution < -0.4 is 0 Å². The van der Waals surface area contributed by atoms with Gasteiger partial charge in [-0.3, -0.25) is 0 Å². The highest BCUT2D eigenvalue weighted by Crippen LogP contribution is 2.27. The Hall–Kier alpha value is -0.650. The summed E-state index contributed by atoms with van der Waals surface area (Å²) in [4.78, 5) is 2.80. The first kappa shape index (κ1) is 11.8. The number of nitrogens with zero attached hydrogens (tertiary/aromatic N) is 1. The molecule has 0 aliphatic heterocycles. The SMILES string of the molecule is FC(F)Cn1c(=S)[nH]c2cc(Cl)c(Cl)cc21. The Labute approximate surface area is 105 Å². The van der Waals surface area contributed by atoms with Crippen molar-refractivity contribution in [3.63, 3.8) is 0 Å². The second kappa shape index (κ2) is 4.31. The van der Waals surface area contributed by atoms with Crippen LogP contribution in [0.3, 0.4) is 0 Å². The fourth-order valence-electron chi connectivity index (χ4n) is 1.47. The first-order chi connectivity index (χ1) is 7.49.